The first-order valence-corrected chi connectivity index (χ1v) is 9.22. The summed E-state index contributed by atoms with van der Waals surface area (Å²) in [6.45, 7) is 0. The van der Waals surface area contributed by atoms with Crippen LogP contribution in [-0.4, -0.2) is 27.3 Å². The van der Waals surface area contributed by atoms with Crippen molar-refractivity contribution in [1.82, 2.24) is 14.9 Å². The predicted octanol–water partition coefficient (Wildman–Crippen LogP) is 4.97. The third kappa shape index (κ3) is 3.63. The standard InChI is InChI=1S/C16H13BrN4S2/c1-23-12-8-6-11(7-9-12)10-18-21-15(19-20-16(21)22)13-4-2-3-5-14(13)17/h2-10H,1H3,(H,20,22)/b18-10+. The molecule has 3 aromatic rings. The molecule has 0 saturated heterocycles. The van der Waals surface area contributed by atoms with E-state index in [1.807, 2.05) is 36.4 Å². The van der Waals surface area contributed by atoms with E-state index in [-0.39, 0.29) is 0 Å². The molecule has 3 rings (SSSR count). The lowest BCUT2D eigenvalue weighted by molar-refractivity contribution is 0.871. The van der Waals surface area contributed by atoms with Gasteiger partial charge in [0.25, 0.3) is 0 Å². The Morgan fingerprint density at radius 2 is 1.96 bits per heavy atom. The van der Waals surface area contributed by atoms with Gasteiger partial charge in [-0.05, 0) is 48.3 Å². The average Bonchev–Trinajstić information content (AvgIpc) is 2.94. The van der Waals surface area contributed by atoms with Gasteiger partial charge in [-0.3, -0.25) is 0 Å². The Morgan fingerprint density at radius 3 is 2.65 bits per heavy atom. The van der Waals surface area contributed by atoms with Gasteiger partial charge in [-0.1, -0.05) is 40.2 Å². The van der Waals surface area contributed by atoms with Crippen LogP contribution in [-0.2, 0) is 0 Å². The normalized spacial score (nSPS) is 11.2. The van der Waals surface area contributed by atoms with Crippen molar-refractivity contribution in [2.75, 3.05) is 6.26 Å². The zero-order valence-corrected chi connectivity index (χ0v) is 15.5. The molecule has 0 aliphatic rings. The molecular formula is C16H13BrN4S2. The van der Waals surface area contributed by atoms with Crippen LogP contribution >= 0.6 is 39.9 Å². The first-order chi connectivity index (χ1) is 11.2. The Bertz CT molecular complexity index is 897. The topological polar surface area (TPSA) is 46.0 Å². The molecule has 1 heterocycles. The maximum Gasteiger partial charge on any atom is 0.216 e. The highest BCUT2D eigenvalue weighted by molar-refractivity contribution is 9.10. The zero-order chi connectivity index (χ0) is 16.2. The van der Waals surface area contributed by atoms with E-state index in [0.717, 1.165) is 15.6 Å². The van der Waals surface area contributed by atoms with Gasteiger partial charge in [-0.2, -0.15) is 14.9 Å². The van der Waals surface area contributed by atoms with Crippen LogP contribution in [0.1, 0.15) is 5.56 Å². The Hall–Kier alpha value is -1.70. The van der Waals surface area contributed by atoms with Crippen molar-refractivity contribution in [1.29, 1.82) is 0 Å². The summed E-state index contributed by atoms with van der Waals surface area (Å²) in [5.41, 5.74) is 1.93. The number of nitrogens with one attached hydrogen (secondary N) is 1. The van der Waals surface area contributed by atoms with E-state index in [1.165, 1.54) is 4.90 Å². The third-order valence-corrected chi connectivity index (χ3v) is 4.90. The summed E-state index contributed by atoms with van der Waals surface area (Å²) in [4.78, 5) is 1.22. The minimum atomic E-state index is 0.452. The summed E-state index contributed by atoms with van der Waals surface area (Å²) in [5, 5.41) is 11.6. The largest absolute Gasteiger partial charge is 0.250 e. The van der Waals surface area contributed by atoms with Gasteiger partial charge < -0.3 is 0 Å². The van der Waals surface area contributed by atoms with Gasteiger partial charge in [0.2, 0.25) is 4.77 Å². The number of rotatable bonds is 4. The molecule has 0 fully saturated rings. The second-order valence-corrected chi connectivity index (χ2v) is 6.78. The summed E-state index contributed by atoms with van der Waals surface area (Å²) in [5.74, 6) is 0.666. The van der Waals surface area contributed by atoms with Crippen LogP contribution < -0.4 is 0 Å². The maximum absolute atomic E-state index is 5.28. The minimum absolute atomic E-state index is 0.452. The average molecular weight is 405 g/mol. The van der Waals surface area contributed by atoms with Crippen LogP contribution in [0, 0.1) is 4.77 Å². The molecule has 0 aliphatic carbocycles. The molecule has 0 bridgehead atoms. The molecule has 116 valence electrons. The minimum Gasteiger partial charge on any atom is -0.250 e. The molecule has 0 unspecified atom stereocenters. The predicted molar refractivity (Wildman–Crippen MR) is 102 cm³/mol. The van der Waals surface area contributed by atoms with Crippen molar-refractivity contribution >= 4 is 46.1 Å². The molecule has 0 radical (unpaired) electrons. The lowest BCUT2D eigenvalue weighted by Gasteiger charge is -2.03. The number of halogens is 1. The van der Waals surface area contributed by atoms with Crippen LogP contribution in [0.4, 0.5) is 0 Å². The van der Waals surface area contributed by atoms with Crippen LogP contribution in [0.2, 0.25) is 0 Å². The molecule has 4 nitrogen and oxygen atoms in total. The van der Waals surface area contributed by atoms with E-state index < -0.39 is 0 Å². The second-order valence-electron chi connectivity index (χ2n) is 4.66. The van der Waals surface area contributed by atoms with Crippen molar-refractivity contribution in [2.24, 2.45) is 5.10 Å². The highest BCUT2D eigenvalue weighted by Gasteiger charge is 2.10. The zero-order valence-electron chi connectivity index (χ0n) is 12.2. The molecule has 0 saturated carbocycles. The van der Waals surface area contributed by atoms with Crippen molar-refractivity contribution in [3.8, 4) is 11.4 Å². The number of nitrogens with zero attached hydrogens (tertiary/aromatic N) is 3. The van der Waals surface area contributed by atoms with Crippen molar-refractivity contribution in [2.45, 2.75) is 4.90 Å². The highest BCUT2D eigenvalue weighted by Crippen LogP contribution is 2.26. The van der Waals surface area contributed by atoms with E-state index in [0.29, 0.717) is 10.6 Å². The van der Waals surface area contributed by atoms with Crippen LogP contribution in [0.3, 0.4) is 0 Å². The van der Waals surface area contributed by atoms with Crippen molar-refractivity contribution in [3.63, 3.8) is 0 Å². The molecule has 1 aromatic heterocycles. The van der Waals surface area contributed by atoms with Crippen LogP contribution in [0.15, 0.2) is 63.0 Å². The number of thioether (sulfide) groups is 1. The van der Waals surface area contributed by atoms with Crippen LogP contribution in [0.25, 0.3) is 11.4 Å². The number of hydrogen-bond acceptors (Lipinski definition) is 4. The van der Waals surface area contributed by atoms with E-state index in [4.69, 9.17) is 12.2 Å². The molecule has 0 aliphatic heterocycles. The van der Waals surface area contributed by atoms with Crippen molar-refractivity contribution in [3.05, 3.63) is 63.3 Å². The molecule has 0 atom stereocenters. The molecule has 2 aromatic carbocycles. The lowest BCUT2D eigenvalue weighted by atomic mass is 10.2. The lowest BCUT2D eigenvalue weighted by Crippen LogP contribution is -1.95. The number of hydrogen-bond donors (Lipinski definition) is 1. The summed E-state index contributed by atoms with van der Waals surface area (Å²) < 4.78 is 3.01. The fraction of sp³-hybridized carbons (Fsp3) is 0.0625. The fourth-order valence-corrected chi connectivity index (χ4v) is 3.08. The Labute approximate surface area is 151 Å². The van der Waals surface area contributed by atoms with Gasteiger partial charge in [0.15, 0.2) is 5.82 Å². The maximum atomic E-state index is 5.28. The van der Waals surface area contributed by atoms with E-state index in [2.05, 4.69) is 49.6 Å². The summed E-state index contributed by atoms with van der Waals surface area (Å²) in [6, 6.07) is 16.0. The third-order valence-electron chi connectivity index (χ3n) is 3.20. The number of aromatic amines is 1. The second kappa shape index (κ2) is 7.25. The summed E-state index contributed by atoms with van der Waals surface area (Å²) >= 11 is 10.5. The summed E-state index contributed by atoms with van der Waals surface area (Å²) in [7, 11) is 0. The fourth-order valence-electron chi connectivity index (χ4n) is 2.03. The van der Waals surface area contributed by atoms with E-state index >= 15 is 0 Å². The van der Waals surface area contributed by atoms with Gasteiger partial charge in [0.1, 0.15) is 0 Å². The Kier molecular flexibility index (Phi) is 5.09. The molecule has 7 heteroatoms. The number of benzene rings is 2. The SMILES string of the molecule is CSc1ccc(/C=N/n2c(-c3ccccc3Br)n[nH]c2=S)cc1. The molecule has 0 amide bonds. The molecule has 23 heavy (non-hydrogen) atoms. The van der Waals surface area contributed by atoms with E-state index in [1.54, 1.807) is 22.7 Å². The quantitative estimate of drug-likeness (QED) is 0.379. The number of H-pyrrole nitrogens is 1. The van der Waals surface area contributed by atoms with Crippen LogP contribution in [0.5, 0.6) is 0 Å². The van der Waals surface area contributed by atoms with Gasteiger partial charge >= 0.3 is 0 Å². The molecular weight excluding hydrogens is 392 g/mol. The molecule has 1 N–H and O–H groups in total. The number of aromatic nitrogens is 3. The Balaban J connectivity index is 1.97. The van der Waals surface area contributed by atoms with Gasteiger partial charge in [-0.15, -0.1) is 11.8 Å². The smallest absolute Gasteiger partial charge is 0.216 e. The molecule has 0 spiro atoms. The Morgan fingerprint density at radius 1 is 1.22 bits per heavy atom. The van der Waals surface area contributed by atoms with Gasteiger partial charge in [0, 0.05) is 14.9 Å². The van der Waals surface area contributed by atoms with Gasteiger partial charge in [-0.25, -0.2) is 5.10 Å². The monoisotopic (exact) mass is 404 g/mol. The summed E-state index contributed by atoms with van der Waals surface area (Å²) in [6.07, 6.45) is 3.83. The van der Waals surface area contributed by atoms with E-state index in [9.17, 15) is 0 Å². The van der Waals surface area contributed by atoms with Crippen molar-refractivity contribution < 1.29 is 0 Å². The van der Waals surface area contributed by atoms with Gasteiger partial charge in [0.05, 0.1) is 6.21 Å². The first kappa shape index (κ1) is 16.2. The first-order valence-electron chi connectivity index (χ1n) is 6.80. The highest BCUT2D eigenvalue weighted by atomic mass is 79.9.